The van der Waals surface area contributed by atoms with Gasteiger partial charge in [-0.05, 0) is 108 Å². The van der Waals surface area contributed by atoms with E-state index in [2.05, 4.69) is 0 Å². The van der Waals surface area contributed by atoms with E-state index in [9.17, 15) is 28.7 Å². The second-order valence-corrected chi connectivity index (χ2v) is 15.1. The Labute approximate surface area is 297 Å². The van der Waals surface area contributed by atoms with Gasteiger partial charge in [-0.2, -0.15) is 0 Å². The number of fused-ring (bicyclic) bond motifs is 4. The molecular formula is C34H25Cl3FIN2O6. The first kappa shape index (κ1) is 32.4. The summed E-state index contributed by atoms with van der Waals surface area (Å²) in [5, 5.41) is 11.1. The maximum absolute atomic E-state index is 14.5. The Morgan fingerprint density at radius 2 is 1.62 bits per heavy atom. The molecule has 2 aliphatic heterocycles. The summed E-state index contributed by atoms with van der Waals surface area (Å²) in [6.07, 6.45) is 1.77. The lowest BCUT2D eigenvalue weighted by Crippen LogP contribution is -2.60. The van der Waals surface area contributed by atoms with Crippen molar-refractivity contribution >= 4 is 92.4 Å². The van der Waals surface area contributed by atoms with Crippen LogP contribution in [0.4, 0.5) is 15.8 Å². The van der Waals surface area contributed by atoms with Crippen LogP contribution < -0.4 is 14.5 Å². The third-order valence-electron chi connectivity index (χ3n) is 9.91. The number of allylic oxidation sites excluding steroid dienone is 2. The second kappa shape index (κ2) is 11.2. The minimum absolute atomic E-state index is 0.0804. The van der Waals surface area contributed by atoms with Gasteiger partial charge in [0.25, 0.3) is 11.8 Å². The minimum Gasteiger partial charge on any atom is -0.504 e. The monoisotopic (exact) mass is 808 g/mol. The number of halogens is 5. The molecule has 0 bridgehead atoms. The van der Waals surface area contributed by atoms with Crippen LogP contribution in [-0.2, 0) is 19.2 Å². The number of carbonyl (C=O) groups excluding carboxylic acids is 4. The molecule has 1 N–H and O–H groups in total. The zero-order valence-corrected chi connectivity index (χ0v) is 29.2. The van der Waals surface area contributed by atoms with Crippen LogP contribution in [0, 0.1) is 34.1 Å². The number of rotatable bonds is 4. The first-order valence-corrected chi connectivity index (χ1v) is 16.9. The Bertz CT molecular complexity index is 1960. The summed E-state index contributed by atoms with van der Waals surface area (Å²) in [5.74, 6) is -6.63. The fraction of sp³-hybridized carbons (Fsp3) is 0.294. The van der Waals surface area contributed by atoms with Crippen LogP contribution in [0.2, 0.25) is 5.02 Å². The summed E-state index contributed by atoms with van der Waals surface area (Å²) in [6, 6.07) is 12.9. The number of phenolic OH excluding ortho intramolecular Hbond substituents is 1. The highest BCUT2D eigenvalue weighted by molar-refractivity contribution is 14.1. The predicted molar refractivity (Wildman–Crippen MR) is 183 cm³/mol. The van der Waals surface area contributed by atoms with Gasteiger partial charge in [-0.3, -0.25) is 19.2 Å². The summed E-state index contributed by atoms with van der Waals surface area (Å²) >= 11 is 23.1. The fourth-order valence-corrected chi connectivity index (χ4v) is 9.40. The van der Waals surface area contributed by atoms with Crippen LogP contribution in [0.5, 0.6) is 11.5 Å². The molecule has 13 heteroatoms. The Hall–Kier alpha value is -3.19. The van der Waals surface area contributed by atoms with E-state index in [1.807, 2.05) is 35.6 Å². The maximum atomic E-state index is 14.5. The van der Waals surface area contributed by atoms with Crippen molar-refractivity contribution in [2.24, 2.45) is 17.8 Å². The highest BCUT2D eigenvalue weighted by Gasteiger charge is 2.76. The minimum atomic E-state index is -2.11. The number of methoxy groups -OCH3 is 1. The Balaban J connectivity index is 1.42. The van der Waals surface area contributed by atoms with Crippen molar-refractivity contribution in [3.05, 3.63) is 91.8 Å². The zero-order chi connectivity index (χ0) is 33.7. The van der Waals surface area contributed by atoms with Crippen molar-refractivity contribution < 1.29 is 33.4 Å². The molecule has 0 aromatic heterocycles. The molecule has 2 heterocycles. The van der Waals surface area contributed by atoms with E-state index in [1.54, 1.807) is 24.3 Å². The molecule has 2 aliphatic carbocycles. The molecule has 0 spiro atoms. The number of aromatic hydroxyl groups is 1. The average molecular weight is 810 g/mol. The van der Waals surface area contributed by atoms with Gasteiger partial charge in [-0.15, -0.1) is 23.2 Å². The number of amides is 4. The lowest BCUT2D eigenvalue weighted by molar-refractivity contribution is -0.125. The number of alkyl halides is 2. The third-order valence-corrected chi connectivity index (χ3v) is 12.6. The van der Waals surface area contributed by atoms with Crippen LogP contribution >= 0.6 is 57.4 Å². The van der Waals surface area contributed by atoms with E-state index >= 15 is 0 Å². The molecule has 0 radical (unpaired) electrons. The summed E-state index contributed by atoms with van der Waals surface area (Å²) in [5.41, 5.74) is 2.19. The lowest BCUT2D eigenvalue weighted by Gasteiger charge is -2.50. The molecule has 3 aromatic rings. The van der Waals surface area contributed by atoms with Gasteiger partial charge in [0.05, 0.1) is 33.9 Å². The van der Waals surface area contributed by atoms with E-state index in [1.165, 1.54) is 25.3 Å². The molecule has 2 saturated heterocycles. The maximum Gasteiger partial charge on any atom is 0.258 e. The molecule has 242 valence electrons. The molecule has 6 atom stereocenters. The number of hydrogen-bond acceptors (Lipinski definition) is 6. The smallest absolute Gasteiger partial charge is 0.258 e. The standard InChI is InChI=1S/C34H25Cl3FIN2O6/c1-15-3-6-19(13-23(15)35)40-29(43)21-10-9-20-22(26(21)30(40)44)14-33(36)31(45)41(18-7-4-17(38)5-8-18)32(46)34(33,37)27(20)16-11-24(39)28(42)25(12-16)47-2/h3-9,11-13,21-22,26-27,42H,10,14H2,1-2H3. The number of benzene rings is 3. The molecule has 3 aromatic carbocycles. The number of ether oxygens (including phenoxy) is 1. The summed E-state index contributed by atoms with van der Waals surface area (Å²) in [7, 11) is 1.38. The number of aryl methyl sites for hydroxylation is 1. The van der Waals surface area contributed by atoms with E-state index in [0.717, 1.165) is 27.5 Å². The van der Waals surface area contributed by atoms with Crippen molar-refractivity contribution in [1.29, 1.82) is 0 Å². The van der Waals surface area contributed by atoms with Crippen molar-refractivity contribution in [2.75, 3.05) is 16.9 Å². The molecule has 6 unspecified atom stereocenters. The van der Waals surface area contributed by atoms with Gasteiger partial charge >= 0.3 is 0 Å². The van der Waals surface area contributed by atoms with Gasteiger partial charge in [0.1, 0.15) is 5.82 Å². The number of phenols is 1. The van der Waals surface area contributed by atoms with Gasteiger partial charge in [0.15, 0.2) is 21.2 Å². The topological polar surface area (TPSA) is 104 Å². The summed E-state index contributed by atoms with van der Waals surface area (Å²) in [6.45, 7) is 1.81. The first-order valence-electron chi connectivity index (χ1n) is 14.7. The molecule has 7 rings (SSSR count). The van der Waals surface area contributed by atoms with E-state index in [-0.39, 0.29) is 30.0 Å². The second-order valence-electron chi connectivity index (χ2n) is 12.2. The van der Waals surface area contributed by atoms with Crippen molar-refractivity contribution in [3.8, 4) is 11.5 Å². The van der Waals surface area contributed by atoms with Gasteiger partial charge in [0.2, 0.25) is 11.8 Å². The number of carbonyl (C=O) groups is 4. The quantitative estimate of drug-likeness (QED) is 0.134. The molecule has 8 nitrogen and oxygen atoms in total. The summed E-state index contributed by atoms with van der Waals surface area (Å²) < 4.78 is 19.7. The SMILES string of the molecule is COc1cc(C2C3=CCC4C(=O)N(c5ccc(C)c(Cl)c5)C(=O)C4C3CC3(Cl)C(=O)N(c4ccc(F)cc4)C(=O)C23Cl)cc(I)c1O. The van der Waals surface area contributed by atoms with E-state index in [0.29, 0.717) is 25.4 Å². The normalized spacial score (nSPS) is 29.9. The van der Waals surface area contributed by atoms with E-state index < -0.39 is 62.9 Å². The number of hydrogen-bond donors (Lipinski definition) is 1. The Kier molecular flexibility index (Phi) is 7.70. The van der Waals surface area contributed by atoms with Crippen molar-refractivity contribution in [1.82, 2.24) is 0 Å². The van der Waals surface area contributed by atoms with Gasteiger partial charge in [-0.1, -0.05) is 29.3 Å². The molecule has 4 aliphatic rings. The van der Waals surface area contributed by atoms with Crippen LogP contribution in [0.3, 0.4) is 0 Å². The number of imide groups is 2. The van der Waals surface area contributed by atoms with Crippen molar-refractivity contribution in [2.45, 2.75) is 35.4 Å². The highest BCUT2D eigenvalue weighted by Crippen LogP contribution is 2.66. The number of anilines is 2. The largest absolute Gasteiger partial charge is 0.504 e. The van der Waals surface area contributed by atoms with Gasteiger partial charge < -0.3 is 9.84 Å². The molecular weight excluding hydrogens is 785 g/mol. The van der Waals surface area contributed by atoms with Gasteiger partial charge in [-0.25, -0.2) is 14.2 Å². The van der Waals surface area contributed by atoms with Crippen LogP contribution in [-0.4, -0.2) is 45.6 Å². The molecule has 3 fully saturated rings. The molecule has 47 heavy (non-hydrogen) atoms. The van der Waals surface area contributed by atoms with Crippen LogP contribution in [0.1, 0.15) is 29.9 Å². The van der Waals surface area contributed by atoms with Gasteiger partial charge in [0, 0.05) is 10.9 Å². The lowest BCUT2D eigenvalue weighted by atomic mass is 9.56. The van der Waals surface area contributed by atoms with E-state index in [4.69, 9.17) is 39.5 Å². The zero-order valence-electron chi connectivity index (χ0n) is 24.8. The average Bonchev–Trinajstić information content (AvgIpc) is 3.38. The first-order chi connectivity index (χ1) is 22.2. The molecule has 1 saturated carbocycles. The predicted octanol–water partition coefficient (Wildman–Crippen LogP) is 6.87. The third kappa shape index (κ3) is 4.43. The Morgan fingerprint density at radius 3 is 2.28 bits per heavy atom. The van der Waals surface area contributed by atoms with Crippen molar-refractivity contribution in [3.63, 3.8) is 0 Å². The summed E-state index contributed by atoms with van der Waals surface area (Å²) in [4.78, 5) is 54.8. The fourth-order valence-electron chi connectivity index (χ4n) is 7.66. The number of nitrogens with zero attached hydrogens (tertiary/aromatic N) is 2. The highest BCUT2D eigenvalue weighted by atomic mass is 127. The van der Waals surface area contributed by atoms with Crippen LogP contribution in [0.15, 0.2) is 66.2 Å². The van der Waals surface area contributed by atoms with Crippen LogP contribution in [0.25, 0.3) is 0 Å². The molecule has 4 amide bonds. The Morgan fingerprint density at radius 1 is 0.936 bits per heavy atom.